The van der Waals surface area contributed by atoms with Crippen LogP contribution in [0.15, 0.2) is 78.9 Å². The van der Waals surface area contributed by atoms with E-state index in [2.05, 4.69) is 19.1 Å². The Morgan fingerprint density at radius 1 is 0.929 bits per heavy atom. The molecule has 3 aromatic carbocycles. The van der Waals surface area contributed by atoms with Gasteiger partial charge in [-0.1, -0.05) is 54.6 Å². The Kier molecular flexibility index (Phi) is 4.94. The summed E-state index contributed by atoms with van der Waals surface area (Å²) in [6, 6.07) is 26.0. The Morgan fingerprint density at radius 3 is 2.36 bits per heavy atom. The lowest BCUT2D eigenvalue weighted by atomic mass is 10.1. The number of nitrogens with zero attached hydrogens (tertiary/aromatic N) is 3. The number of hydrogen-bond donors (Lipinski definition) is 0. The molecule has 4 rings (SSSR count). The minimum atomic E-state index is 0.0479. The molecular weight excluding hydrogens is 346 g/mol. The third kappa shape index (κ3) is 3.29. The summed E-state index contributed by atoms with van der Waals surface area (Å²) in [6.07, 6.45) is 0. The molecule has 0 saturated heterocycles. The molecule has 0 aliphatic rings. The van der Waals surface area contributed by atoms with Crippen molar-refractivity contribution in [1.82, 2.24) is 9.55 Å². The maximum absolute atomic E-state index is 13.2. The first-order valence-electron chi connectivity index (χ1n) is 9.55. The molecule has 0 saturated carbocycles. The van der Waals surface area contributed by atoms with Gasteiger partial charge in [0.15, 0.2) is 0 Å². The Bertz CT molecular complexity index is 1120. The summed E-state index contributed by atoms with van der Waals surface area (Å²) in [5, 5.41) is 0. The van der Waals surface area contributed by atoms with Crippen LogP contribution in [0.1, 0.15) is 12.5 Å². The first-order valence-corrected chi connectivity index (χ1v) is 9.55. The van der Waals surface area contributed by atoms with E-state index < -0.39 is 0 Å². The maximum Gasteiger partial charge on any atom is 0.246 e. The van der Waals surface area contributed by atoms with Gasteiger partial charge in [-0.25, -0.2) is 4.98 Å². The Hall–Kier alpha value is -3.40. The molecule has 1 amide bonds. The third-order valence-corrected chi connectivity index (χ3v) is 5.02. The average Bonchev–Trinajstić information content (AvgIpc) is 3.08. The molecule has 0 bridgehead atoms. The van der Waals surface area contributed by atoms with Gasteiger partial charge >= 0.3 is 0 Å². The molecule has 1 aromatic heterocycles. The second-order valence-electron chi connectivity index (χ2n) is 6.80. The molecule has 0 spiro atoms. The number of aromatic nitrogens is 2. The fraction of sp³-hybridized carbons (Fsp3) is 0.167. The highest BCUT2D eigenvalue weighted by molar-refractivity contribution is 5.94. The number of imidazole rings is 1. The van der Waals surface area contributed by atoms with E-state index in [0.717, 1.165) is 33.7 Å². The zero-order chi connectivity index (χ0) is 19.5. The van der Waals surface area contributed by atoms with Crippen LogP contribution in [-0.4, -0.2) is 22.0 Å². The van der Waals surface area contributed by atoms with E-state index in [1.165, 1.54) is 0 Å². The molecule has 0 radical (unpaired) electrons. The molecule has 28 heavy (non-hydrogen) atoms. The molecule has 0 atom stereocenters. The zero-order valence-corrected chi connectivity index (χ0v) is 16.2. The van der Waals surface area contributed by atoms with Crippen molar-refractivity contribution in [3.8, 4) is 11.4 Å². The van der Waals surface area contributed by atoms with Gasteiger partial charge < -0.3 is 9.47 Å². The van der Waals surface area contributed by atoms with Gasteiger partial charge in [0.25, 0.3) is 0 Å². The number of anilines is 1. The van der Waals surface area contributed by atoms with Crippen LogP contribution in [0.4, 0.5) is 5.69 Å². The summed E-state index contributed by atoms with van der Waals surface area (Å²) in [6.45, 7) is 4.93. The molecule has 4 heteroatoms. The molecule has 0 aliphatic carbocycles. The van der Waals surface area contributed by atoms with Gasteiger partial charge in [0, 0.05) is 17.8 Å². The number of para-hydroxylation sites is 3. The minimum Gasteiger partial charge on any atom is -0.314 e. The second kappa shape index (κ2) is 7.69. The van der Waals surface area contributed by atoms with Crippen LogP contribution >= 0.6 is 0 Å². The quantitative estimate of drug-likeness (QED) is 0.493. The predicted molar refractivity (Wildman–Crippen MR) is 114 cm³/mol. The fourth-order valence-corrected chi connectivity index (χ4v) is 3.60. The monoisotopic (exact) mass is 369 g/mol. The van der Waals surface area contributed by atoms with Crippen molar-refractivity contribution in [2.45, 2.75) is 20.4 Å². The van der Waals surface area contributed by atoms with Gasteiger partial charge in [-0.05, 0) is 43.7 Å². The molecule has 4 aromatic rings. The van der Waals surface area contributed by atoms with Crippen LogP contribution in [0.3, 0.4) is 0 Å². The topological polar surface area (TPSA) is 38.1 Å². The number of benzene rings is 3. The van der Waals surface area contributed by atoms with E-state index in [0.29, 0.717) is 6.54 Å². The molecule has 0 unspecified atom stereocenters. The number of hydrogen-bond acceptors (Lipinski definition) is 2. The number of fused-ring (bicyclic) bond motifs is 1. The van der Waals surface area contributed by atoms with E-state index in [9.17, 15) is 4.79 Å². The molecule has 140 valence electrons. The molecule has 4 nitrogen and oxygen atoms in total. The fourth-order valence-electron chi connectivity index (χ4n) is 3.60. The Balaban J connectivity index is 1.79. The van der Waals surface area contributed by atoms with Crippen LogP contribution in [-0.2, 0) is 11.3 Å². The van der Waals surface area contributed by atoms with Gasteiger partial charge in [-0.2, -0.15) is 0 Å². The highest BCUT2D eigenvalue weighted by Gasteiger charge is 2.20. The number of carbonyl (C=O) groups excluding carboxylic acids is 1. The van der Waals surface area contributed by atoms with E-state index in [1.807, 2.05) is 83.1 Å². The van der Waals surface area contributed by atoms with Crippen LogP contribution in [0.25, 0.3) is 22.4 Å². The molecule has 1 heterocycles. The minimum absolute atomic E-state index is 0.0479. The van der Waals surface area contributed by atoms with Crippen molar-refractivity contribution >= 4 is 22.6 Å². The highest BCUT2D eigenvalue weighted by Crippen LogP contribution is 2.27. The van der Waals surface area contributed by atoms with Gasteiger partial charge in [-0.15, -0.1) is 0 Å². The number of amides is 1. The van der Waals surface area contributed by atoms with Gasteiger partial charge in [0.05, 0.1) is 11.0 Å². The lowest BCUT2D eigenvalue weighted by Gasteiger charge is -2.22. The maximum atomic E-state index is 13.2. The molecule has 0 aliphatic heterocycles. The van der Waals surface area contributed by atoms with Crippen molar-refractivity contribution < 1.29 is 4.79 Å². The summed E-state index contributed by atoms with van der Waals surface area (Å²) >= 11 is 0. The summed E-state index contributed by atoms with van der Waals surface area (Å²) in [4.78, 5) is 19.9. The second-order valence-corrected chi connectivity index (χ2v) is 6.80. The summed E-state index contributed by atoms with van der Waals surface area (Å²) < 4.78 is 2.03. The number of rotatable bonds is 5. The Morgan fingerprint density at radius 2 is 1.61 bits per heavy atom. The van der Waals surface area contributed by atoms with Gasteiger partial charge in [-0.3, -0.25) is 4.79 Å². The normalized spacial score (nSPS) is 10.9. The van der Waals surface area contributed by atoms with Crippen molar-refractivity contribution in [3.05, 3.63) is 84.4 Å². The number of carbonyl (C=O) groups is 1. The third-order valence-electron chi connectivity index (χ3n) is 5.02. The summed E-state index contributed by atoms with van der Waals surface area (Å²) in [5.74, 6) is 0.878. The van der Waals surface area contributed by atoms with E-state index in [1.54, 1.807) is 0 Å². The zero-order valence-electron chi connectivity index (χ0n) is 16.2. The standard InChI is InChI=1S/C24H23N3O/c1-3-26(19-12-5-4-6-13-19)23(28)17-27-22-16-10-9-15-21(22)25-24(27)20-14-8-7-11-18(20)2/h4-16H,3,17H2,1-2H3. The van der Waals surface area contributed by atoms with Gasteiger partial charge in [0.2, 0.25) is 5.91 Å². The van der Waals surface area contributed by atoms with E-state index in [4.69, 9.17) is 4.98 Å². The lowest BCUT2D eigenvalue weighted by molar-refractivity contribution is -0.119. The smallest absolute Gasteiger partial charge is 0.246 e. The largest absolute Gasteiger partial charge is 0.314 e. The van der Waals surface area contributed by atoms with Crippen molar-refractivity contribution in [3.63, 3.8) is 0 Å². The van der Waals surface area contributed by atoms with Crippen LogP contribution < -0.4 is 4.90 Å². The number of likely N-dealkylation sites (N-methyl/N-ethyl adjacent to an activating group) is 1. The van der Waals surface area contributed by atoms with Crippen molar-refractivity contribution in [2.24, 2.45) is 0 Å². The number of aryl methyl sites for hydroxylation is 1. The average molecular weight is 369 g/mol. The molecular formula is C24H23N3O. The first kappa shape index (κ1) is 18.0. The van der Waals surface area contributed by atoms with Crippen LogP contribution in [0, 0.1) is 6.92 Å². The van der Waals surface area contributed by atoms with E-state index in [-0.39, 0.29) is 12.5 Å². The SMILES string of the molecule is CCN(C(=O)Cn1c(-c2ccccc2C)nc2ccccc21)c1ccccc1. The van der Waals surface area contributed by atoms with Crippen LogP contribution in [0.2, 0.25) is 0 Å². The van der Waals surface area contributed by atoms with Gasteiger partial charge in [0.1, 0.15) is 12.4 Å². The van der Waals surface area contributed by atoms with E-state index >= 15 is 0 Å². The Labute approximate surface area is 165 Å². The molecule has 0 fully saturated rings. The predicted octanol–water partition coefficient (Wildman–Crippen LogP) is 5.06. The summed E-state index contributed by atoms with van der Waals surface area (Å²) in [7, 11) is 0. The first-order chi connectivity index (χ1) is 13.7. The highest BCUT2D eigenvalue weighted by atomic mass is 16.2. The molecule has 0 N–H and O–H groups in total. The van der Waals surface area contributed by atoms with Crippen LogP contribution in [0.5, 0.6) is 0 Å². The van der Waals surface area contributed by atoms with Crippen molar-refractivity contribution in [2.75, 3.05) is 11.4 Å². The van der Waals surface area contributed by atoms with Crippen molar-refractivity contribution in [1.29, 1.82) is 0 Å². The summed E-state index contributed by atoms with van der Waals surface area (Å²) in [5.41, 5.74) is 4.97. The lowest BCUT2D eigenvalue weighted by Crippen LogP contribution is -2.33.